The molecule has 2 rings (SSSR count). The summed E-state index contributed by atoms with van der Waals surface area (Å²) < 4.78 is 2.10. The number of rotatable bonds is 4. The quantitative estimate of drug-likeness (QED) is 0.873. The molecule has 4 heteroatoms. The van der Waals surface area contributed by atoms with Crippen molar-refractivity contribution in [2.45, 2.75) is 32.7 Å². The fraction of sp³-hybridized carbons (Fsp3) is 0.357. The summed E-state index contributed by atoms with van der Waals surface area (Å²) >= 11 is 0. The maximum absolute atomic E-state index is 10.8. The van der Waals surface area contributed by atoms with E-state index in [0.29, 0.717) is 0 Å². The summed E-state index contributed by atoms with van der Waals surface area (Å²) in [4.78, 5) is 10.8. The van der Waals surface area contributed by atoms with E-state index in [1.807, 2.05) is 26.0 Å². The Balaban J connectivity index is 2.52. The van der Waals surface area contributed by atoms with Crippen LogP contribution in [0, 0.1) is 0 Å². The van der Waals surface area contributed by atoms with Gasteiger partial charge in [-0.15, -0.1) is 0 Å². The Hall–Kier alpha value is -1.97. The predicted molar refractivity (Wildman–Crippen MR) is 69.9 cm³/mol. The zero-order valence-electron chi connectivity index (χ0n) is 10.6. The first-order valence-corrected chi connectivity index (χ1v) is 6.07. The van der Waals surface area contributed by atoms with Gasteiger partial charge in [0.15, 0.2) is 0 Å². The number of nitrogens with zero attached hydrogens (tertiary/aromatic N) is 1. The average molecular weight is 247 g/mol. The second-order valence-electron chi connectivity index (χ2n) is 4.56. The summed E-state index contributed by atoms with van der Waals surface area (Å²) in [6, 6.07) is 7.19. The van der Waals surface area contributed by atoms with Crippen molar-refractivity contribution >= 4 is 16.9 Å². The zero-order valence-corrected chi connectivity index (χ0v) is 10.6. The van der Waals surface area contributed by atoms with Crippen LogP contribution in [0.3, 0.4) is 0 Å². The Bertz CT molecular complexity index is 586. The van der Waals surface area contributed by atoms with E-state index in [-0.39, 0.29) is 18.1 Å². The smallest absolute Gasteiger partial charge is 0.304 e. The molecule has 0 saturated heterocycles. The van der Waals surface area contributed by atoms with Gasteiger partial charge in [-0.1, -0.05) is 6.92 Å². The third-order valence-corrected chi connectivity index (χ3v) is 3.22. The van der Waals surface area contributed by atoms with Crippen molar-refractivity contribution in [3.63, 3.8) is 0 Å². The van der Waals surface area contributed by atoms with E-state index >= 15 is 0 Å². The van der Waals surface area contributed by atoms with E-state index in [1.165, 1.54) is 0 Å². The van der Waals surface area contributed by atoms with E-state index in [9.17, 15) is 9.90 Å². The van der Waals surface area contributed by atoms with Crippen molar-refractivity contribution in [1.29, 1.82) is 0 Å². The van der Waals surface area contributed by atoms with Crippen LogP contribution in [0.1, 0.15) is 31.9 Å². The van der Waals surface area contributed by atoms with Crippen LogP contribution in [0.2, 0.25) is 0 Å². The molecule has 0 fully saturated rings. The standard InChI is InChI=1S/C14H17NO3/c1-3-15-12-5-4-11(16)7-10(12)8-13(15)9(2)6-14(17)18/h4-5,7-9,16H,3,6H2,1-2H3,(H,17,18). The molecule has 4 nitrogen and oxygen atoms in total. The summed E-state index contributed by atoms with van der Waals surface area (Å²) in [5, 5.41) is 19.3. The van der Waals surface area contributed by atoms with Gasteiger partial charge >= 0.3 is 5.97 Å². The van der Waals surface area contributed by atoms with Gasteiger partial charge in [-0.05, 0) is 31.2 Å². The van der Waals surface area contributed by atoms with E-state index in [2.05, 4.69) is 4.57 Å². The molecule has 2 N–H and O–H groups in total. The Morgan fingerprint density at radius 3 is 2.72 bits per heavy atom. The molecule has 1 aromatic carbocycles. The molecule has 0 aliphatic rings. The SMILES string of the molecule is CCn1c(C(C)CC(=O)O)cc2cc(O)ccc21. The van der Waals surface area contributed by atoms with Crippen molar-refractivity contribution in [2.24, 2.45) is 0 Å². The summed E-state index contributed by atoms with van der Waals surface area (Å²) in [6.07, 6.45) is 0.113. The van der Waals surface area contributed by atoms with Gasteiger partial charge in [-0.2, -0.15) is 0 Å². The number of benzene rings is 1. The van der Waals surface area contributed by atoms with Crippen molar-refractivity contribution < 1.29 is 15.0 Å². The summed E-state index contributed by atoms with van der Waals surface area (Å²) in [7, 11) is 0. The second-order valence-corrected chi connectivity index (χ2v) is 4.56. The van der Waals surface area contributed by atoms with Crippen LogP contribution in [-0.2, 0) is 11.3 Å². The predicted octanol–water partition coefficient (Wildman–Crippen LogP) is 2.95. The van der Waals surface area contributed by atoms with E-state index < -0.39 is 5.97 Å². The number of aryl methyl sites for hydroxylation is 1. The van der Waals surface area contributed by atoms with E-state index in [1.54, 1.807) is 12.1 Å². The topological polar surface area (TPSA) is 62.5 Å². The lowest BCUT2D eigenvalue weighted by atomic mass is 10.0. The molecule has 0 amide bonds. The minimum Gasteiger partial charge on any atom is -0.508 e. The highest BCUT2D eigenvalue weighted by atomic mass is 16.4. The van der Waals surface area contributed by atoms with Crippen molar-refractivity contribution in [3.05, 3.63) is 30.0 Å². The lowest BCUT2D eigenvalue weighted by molar-refractivity contribution is -0.137. The highest BCUT2D eigenvalue weighted by Crippen LogP contribution is 2.29. The van der Waals surface area contributed by atoms with Gasteiger partial charge in [0.05, 0.1) is 6.42 Å². The normalized spacial score (nSPS) is 12.8. The molecule has 0 saturated carbocycles. The molecule has 0 aliphatic carbocycles. The second kappa shape index (κ2) is 4.72. The number of carboxylic acids is 1. The minimum atomic E-state index is -0.793. The monoisotopic (exact) mass is 247 g/mol. The van der Waals surface area contributed by atoms with Crippen molar-refractivity contribution in [2.75, 3.05) is 0 Å². The molecule has 2 aromatic rings. The molecule has 0 radical (unpaired) electrons. The van der Waals surface area contributed by atoms with Crippen LogP contribution < -0.4 is 0 Å². The molecule has 0 aliphatic heterocycles. The first-order valence-electron chi connectivity index (χ1n) is 6.07. The van der Waals surface area contributed by atoms with Crippen LogP contribution in [0.5, 0.6) is 5.75 Å². The fourth-order valence-corrected chi connectivity index (χ4v) is 2.41. The Morgan fingerprint density at radius 2 is 2.11 bits per heavy atom. The summed E-state index contributed by atoms with van der Waals surface area (Å²) in [5.74, 6) is -0.608. The van der Waals surface area contributed by atoms with Gasteiger partial charge in [-0.3, -0.25) is 4.79 Å². The molecule has 0 spiro atoms. The molecule has 1 aromatic heterocycles. The number of aromatic hydroxyl groups is 1. The lowest BCUT2D eigenvalue weighted by Gasteiger charge is -2.13. The number of phenols is 1. The highest BCUT2D eigenvalue weighted by molar-refractivity contribution is 5.83. The van der Waals surface area contributed by atoms with Gasteiger partial charge in [0.25, 0.3) is 0 Å². The van der Waals surface area contributed by atoms with E-state index in [4.69, 9.17) is 5.11 Å². The molecule has 18 heavy (non-hydrogen) atoms. The largest absolute Gasteiger partial charge is 0.508 e. The van der Waals surface area contributed by atoms with Gasteiger partial charge in [0.2, 0.25) is 0 Å². The molecule has 96 valence electrons. The van der Waals surface area contributed by atoms with Crippen molar-refractivity contribution in [3.8, 4) is 5.75 Å². The summed E-state index contributed by atoms with van der Waals surface area (Å²) in [6.45, 7) is 4.73. The number of hydrogen-bond acceptors (Lipinski definition) is 2. The minimum absolute atomic E-state index is 0.0445. The van der Waals surface area contributed by atoms with Crippen LogP contribution in [-0.4, -0.2) is 20.7 Å². The van der Waals surface area contributed by atoms with Crippen LogP contribution in [0.15, 0.2) is 24.3 Å². The van der Waals surface area contributed by atoms with Crippen molar-refractivity contribution in [1.82, 2.24) is 4.57 Å². The molecular formula is C14H17NO3. The van der Waals surface area contributed by atoms with Gasteiger partial charge in [0.1, 0.15) is 5.75 Å². The number of hydrogen-bond donors (Lipinski definition) is 2. The third kappa shape index (κ3) is 2.18. The van der Waals surface area contributed by atoms with Crippen LogP contribution in [0.4, 0.5) is 0 Å². The highest BCUT2D eigenvalue weighted by Gasteiger charge is 2.16. The fourth-order valence-electron chi connectivity index (χ4n) is 2.41. The van der Waals surface area contributed by atoms with Crippen LogP contribution >= 0.6 is 0 Å². The average Bonchev–Trinajstić information content (AvgIpc) is 2.65. The molecule has 0 bridgehead atoms. The first-order chi connectivity index (χ1) is 8.52. The maximum Gasteiger partial charge on any atom is 0.304 e. The molecule has 1 unspecified atom stereocenters. The Labute approximate surface area is 105 Å². The maximum atomic E-state index is 10.8. The Morgan fingerprint density at radius 1 is 1.39 bits per heavy atom. The van der Waals surface area contributed by atoms with Gasteiger partial charge in [0, 0.05) is 29.1 Å². The first kappa shape index (κ1) is 12.5. The molecule has 1 heterocycles. The third-order valence-electron chi connectivity index (χ3n) is 3.22. The number of aliphatic carboxylic acids is 1. The number of phenolic OH excluding ortho intramolecular Hbond substituents is 1. The lowest BCUT2D eigenvalue weighted by Crippen LogP contribution is -2.08. The number of fused-ring (bicyclic) bond motifs is 1. The zero-order chi connectivity index (χ0) is 13.3. The van der Waals surface area contributed by atoms with E-state index in [0.717, 1.165) is 23.1 Å². The van der Waals surface area contributed by atoms with Gasteiger partial charge in [-0.25, -0.2) is 0 Å². The number of carboxylic acid groups (broad SMARTS) is 1. The number of aromatic nitrogens is 1. The molecular weight excluding hydrogens is 230 g/mol. The summed E-state index contributed by atoms with van der Waals surface area (Å²) in [5.41, 5.74) is 2.03. The molecule has 1 atom stereocenters. The van der Waals surface area contributed by atoms with Crippen LogP contribution in [0.25, 0.3) is 10.9 Å². The Kier molecular flexibility index (Phi) is 3.28. The van der Waals surface area contributed by atoms with Gasteiger partial charge < -0.3 is 14.8 Å². The number of carbonyl (C=O) groups is 1.